The predicted molar refractivity (Wildman–Crippen MR) is 102 cm³/mol. The van der Waals surface area contributed by atoms with Crippen LogP contribution in [0, 0.1) is 5.92 Å². The number of nitrogens with one attached hydrogen (secondary N) is 1. The molecule has 2 aromatic carbocycles. The molecule has 1 N–H and O–H groups in total. The Hall–Kier alpha value is -1.60. The zero-order valence-electron chi connectivity index (χ0n) is 14.3. The number of benzene rings is 2. The number of rotatable bonds is 7. The fourth-order valence-electron chi connectivity index (χ4n) is 2.20. The maximum Gasteiger partial charge on any atom is 0.324 e. The van der Waals surface area contributed by atoms with Crippen LogP contribution in [0.25, 0.3) is 0 Å². The van der Waals surface area contributed by atoms with Crippen molar-refractivity contribution in [2.45, 2.75) is 31.4 Å². The Bertz CT molecular complexity index is 884. The summed E-state index contributed by atoms with van der Waals surface area (Å²) in [6, 6.07) is 11.7. The van der Waals surface area contributed by atoms with Crippen molar-refractivity contribution in [1.29, 1.82) is 0 Å². The van der Waals surface area contributed by atoms with Gasteiger partial charge in [0.25, 0.3) is 0 Å². The van der Waals surface area contributed by atoms with Crippen molar-refractivity contribution in [2.24, 2.45) is 5.92 Å². The van der Waals surface area contributed by atoms with E-state index in [2.05, 4.69) is 4.72 Å². The fraction of sp³-hybridized carbons (Fsp3) is 0.278. The average Bonchev–Trinajstić information content (AvgIpc) is 2.57. The van der Waals surface area contributed by atoms with Gasteiger partial charge in [0.2, 0.25) is 10.0 Å². The molecular formula is C18H19Cl2NO4S. The van der Waals surface area contributed by atoms with E-state index in [1.54, 1.807) is 44.2 Å². The standard InChI is InChI=1S/C18H19Cl2NO4S/c1-12(2)17(18(22)25-11-13-5-3-6-14(19)9-13)21-26(23,24)16-8-4-7-15(20)10-16/h3-10,12,17,21H,11H2,1-2H3/t17-/m0/s1. The topological polar surface area (TPSA) is 72.5 Å². The van der Waals surface area contributed by atoms with Crippen LogP contribution in [0.2, 0.25) is 10.0 Å². The van der Waals surface area contributed by atoms with Gasteiger partial charge in [0.1, 0.15) is 12.6 Å². The second-order valence-corrected chi connectivity index (χ2v) is 8.62. The number of halogens is 2. The number of hydrogen-bond acceptors (Lipinski definition) is 4. The third kappa shape index (κ3) is 5.71. The van der Waals surface area contributed by atoms with E-state index < -0.39 is 22.0 Å². The minimum absolute atomic E-state index is 0.00149. The summed E-state index contributed by atoms with van der Waals surface area (Å²) in [7, 11) is -3.92. The molecule has 0 aromatic heterocycles. The Morgan fingerprint density at radius 2 is 1.69 bits per heavy atom. The quantitative estimate of drug-likeness (QED) is 0.692. The summed E-state index contributed by atoms with van der Waals surface area (Å²) < 4.78 is 32.7. The molecule has 0 radical (unpaired) electrons. The predicted octanol–water partition coefficient (Wildman–Crippen LogP) is 4.04. The molecule has 0 saturated heterocycles. The molecule has 0 bridgehead atoms. The summed E-state index contributed by atoms with van der Waals surface area (Å²) in [4.78, 5) is 12.4. The van der Waals surface area contributed by atoms with Crippen LogP contribution < -0.4 is 4.72 Å². The lowest BCUT2D eigenvalue weighted by molar-refractivity contribution is -0.148. The largest absolute Gasteiger partial charge is 0.460 e. The van der Waals surface area contributed by atoms with Gasteiger partial charge in [-0.2, -0.15) is 4.72 Å². The minimum atomic E-state index is -3.92. The summed E-state index contributed by atoms with van der Waals surface area (Å²) in [6.45, 7) is 3.46. The van der Waals surface area contributed by atoms with E-state index in [-0.39, 0.29) is 22.4 Å². The van der Waals surface area contributed by atoms with Gasteiger partial charge in [-0.25, -0.2) is 8.42 Å². The Labute approximate surface area is 163 Å². The van der Waals surface area contributed by atoms with Gasteiger partial charge >= 0.3 is 5.97 Å². The molecule has 8 heteroatoms. The molecule has 5 nitrogen and oxygen atoms in total. The van der Waals surface area contributed by atoms with E-state index in [1.807, 2.05) is 0 Å². The Morgan fingerprint density at radius 1 is 1.08 bits per heavy atom. The molecule has 0 amide bonds. The van der Waals surface area contributed by atoms with Crippen LogP contribution in [0.5, 0.6) is 0 Å². The zero-order chi connectivity index (χ0) is 19.3. The van der Waals surface area contributed by atoms with Crippen LogP contribution in [0.15, 0.2) is 53.4 Å². The number of carbonyl (C=O) groups is 1. The maximum absolute atomic E-state index is 12.5. The summed E-state index contributed by atoms with van der Waals surface area (Å²) in [5.74, 6) is -0.971. The van der Waals surface area contributed by atoms with Gasteiger partial charge in [-0.1, -0.05) is 55.2 Å². The molecular weight excluding hydrogens is 397 g/mol. The fourth-order valence-corrected chi connectivity index (χ4v) is 4.04. The first-order chi connectivity index (χ1) is 12.2. The van der Waals surface area contributed by atoms with Gasteiger partial charge in [-0.05, 0) is 41.8 Å². The third-order valence-electron chi connectivity index (χ3n) is 3.58. The summed E-state index contributed by atoms with van der Waals surface area (Å²) in [5.41, 5.74) is 0.714. The number of ether oxygens (including phenoxy) is 1. The van der Waals surface area contributed by atoms with Crippen molar-refractivity contribution < 1.29 is 17.9 Å². The van der Waals surface area contributed by atoms with E-state index >= 15 is 0 Å². The first-order valence-corrected chi connectivity index (χ1v) is 10.1. The number of esters is 1. The van der Waals surface area contributed by atoms with Gasteiger partial charge in [0.15, 0.2) is 0 Å². The third-order valence-corrected chi connectivity index (χ3v) is 5.49. The second kappa shape index (κ2) is 8.86. The molecule has 140 valence electrons. The Kier molecular flexibility index (Phi) is 7.06. The van der Waals surface area contributed by atoms with E-state index in [0.29, 0.717) is 10.6 Å². The molecule has 2 aromatic rings. The van der Waals surface area contributed by atoms with E-state index in [9.17, 15) is 13.2 Å². The average molecular weight is 416 g/mol. The van der Waals surface area contributed by atoms with Crippen LogP contribution in [-0.2, 0) is 26.2 Å². The summed E-state index contributed by atoms with van der Waals surface area (Å²) in [5, 5.41) is 0.818. The highest BCUT2D eigenvalue weighted by Crippen LogP contribution is 2.18. The minimum Gasteiger partial charge on any atom is -0.460 e. The highest BCUT2D eigenvalue weighted by molar-refractivity contribution is 7.89. The summed E-state index contributed by atoms with van der Waals surface area (Å²) in [6.07, 6.45) is 0. The SMILES string of the molecule is CC(C)[C@H](NS(=O)(=O)c1cccc(Cl)c1)C(=O)OCc1cccc(Cl)c1. The molecule has 0 aliphatic rings. The Morgan fingerprint density at radius 3 is 2.27 bits per heavy atom. The zero-order valence-corrected chi connectivity index (χ0v) is 16.6. The highest BCUT2D eigenvalue weighted by Gasteiger charge is 2.29. The van der Waals surface area contributed by atoms with Crippen LogP contribution in [0.3, 0.4) is 0 Å². The smallest absolute Gasteiger partial charge is 0.324 e. The molecule has 0 aliphatic carbocycles. The molecule has 26 heavy (non-hydrogen) atoms. The Balaban J connectivity index is 2.11. The molecule has 0 heterocycles. The normalized spacial score (nSPS) is 12.8. The molecule has 1 atom stereocenters. The van der Waals surface area contributed by atoms with Crippen LogP contribution >= 0.6 is 23.2 Å². The molecule has 0 fully saturated rings. The van der Waals surface area contributed by atoms with Crippen LogP contribution in [-0.4, -0.2) is 20.4 Å². The van der Waals surface area contributed by atoms with Gasteiger partial charge in [-0.3, -0.25) is 4.79 Å². The van der Waals surface area contributed by atoms with Crippen molar-refractivity contribution >= 4 is 39.2 Å². The van der Waals surface area contributed by atoms with Gasteiger partial charge in [0, 0.05) is 10.0 Å². The molecule has 2 rings (SSSR count). The van der Waals surface area contributed by atoms with Gasteiger partial charge in [0.05, 0.1) is 4.90 Å². The molecule has 0 spiro atoms. The van der Waals surface area contributed by atoms with E-state index in [0.717, 1.165) is 0 Å². The van der Waals surface area contributed by atoms with Crippen molar-refractivity contribution in [3.63, 3.8) is 0 Å². The number of hydrogen-bond donors (Lipinski definition) is 1. The van der Waals surface area contributed by atoms with Crippen molar-refractivity contribution in [3.05, 3.63) is 64.1 Å². The first kappa shape index (κ1) is 20.7. The first-order valence-electron chi connectivity index (χ1n) is 7.88. The number of carbonyl (C=O) groups excluding carboxylic acids is 1. The highest BCUT2D eigenvalue weighted by atomic mass is 35.5. The van der Waals surface area contributed by atoms with Crippen molar-refractivity contribution in [2.75, 3.05) is 0 Å². The van der Waals surface area contributed by atoms with Crippen molar-refractivity contribution in [3.8, 4) is 0 Å². The second-order valence-electron chi connectivity index (χ2n) is 6.04. The van der Waals surface area contributed by atoms with Crippen LogP contribution in [0.4, 0.5) is 0 Å². The molecule has 0 aliphatic heterocycles. The van der Waals surface area contributed by atoms with Gasteiger partial charge < -0.3 is 4.74 Å². The van der Waals surface area contributed by atoms with E-state index in [1.165, 1.54) is 18.2 Å². The molecule has 0 unspecified atom stereocenters. The monoisotopic (exact) mass is 415 g/mol. The molecule has 0 saturated carbocycles. The van der Waals surface area contributed by atoms with Crippen LogP contribution in [0.1, 0.15) is 19.4 Å². The summed E-state index contributed by atoms with van der Waals surface area (Å²) >= 11 is 11.7. The lowest BCUT2D eigenvalue weighted by Crippen LogP contribution is -2.45. The van der Waals surface area contributed by atoms with Crippen molar-refractivity contribution in [1.82, 2.24) is 4.72 Å². The maximum atomic E-state index is 12.5. The van der Waals surface area contributed by atoms with E-state index in [4.69, 9.17) is 27.9 Å². The number of sulfonamides is 1. The van der Waals surface area contributed by atoms with Gasteiger partial charge in [-0.15, -0.1) is 0 Å². The lowest BCUT2D eigenvalue weighted by atomic mass is 10.1. The lowest BCUT2D eigenvalue weighted by Gasteiger charge is -2.21.